The number of amides is 1. The Labute approximate surface area is 180 Å². The van der Waals surface area contributed by atoms with E-state index in [-0.39, 0.29) is 6.10 Å². The molecule has 0 aliphatic carbocycles. The summed E-state index contributed by atoms with van der Waals surface area (Å²) in [5.74, 6) is -0.410. The lowest BCUT2D eigenvalue weighted by Gasteiger charge is -2.14. The number of ether oxygens (including phenoxy) is 1. The van der Waals surface area contributed by atoms with Crippen LogP contribution in [0.4, 0.5) is 14.9 Å². The Bertz CT molecular complexity index is 1030. The van der Waals surface area contributed by atoms with Crippen molar-refractivity contribution in [3.8, 4) is 11.1 Å². The normalized spacial score (nSPS) is 15.9. The maximum absolute atomic E-state index is 14.8. The molecule has 1 unspecified atom stereocenters. The number of rotatable bonds is 8. The van der Waals surface area contributed by atoms with Gasteiger partial charge >= 0.3 is 6.09 Å². The van der Waals surface area contributed by atoms with Crippen molar-refractivity contribution < 1.29 is 13.9 Å². The third kappa shape index (κ3) is 5.04. The molecule has 4 rings (SSSR count). The second-order valence-corrected chi connectivity index (χ2v) is 7.34. The molecule has 1 atom stereocenters. The van der Waals surface area contributed by atoms with Crippen molar-refractivity contribution in [2.45, 2.75) is 19.2 Å². The fraction of sp³-hybridized carbons (Fsp3) is 0.261. The Hall–Kier alpha value is -3.36. The molecule has 1 aliphatic heterocycles. The zero-order valence-electron chi connectivity index (χ0n) is 17.2. The van der Waals surface area contributed by atoms with Gasteiger partial charge in [-0.1, -0.05) is 6.07 Å². The van der Waals surface area contributed by atoms with Crippen LogP contribution in [0.3, 0.4) is 0 Å². The number of hydrogen-bond acceptors (Lipinski definition) is 6. The van der Waals surface area contributed by atoms with Gasteiger partial charge in [-0.15, -0.1) is 0 Å². The molecule has 160 valence electrons. The van der Waals surface area contributed by atoms with Crippen LogP contribution < -0.4 is 15.5 Å². The molecule has 0 spiro atoms. The summed E-state index contributed by atoms with van der Waals surface area (Å²) in [6, 6.07) is 12.4. The second-order valence-electron chi connectivity index (χ2n) is 7.34. The van der Waals surface area contributed by atoms with Crippen LogP contribution in [0.5, 0.6) is 0 Å². The molecular formula is C23H24FN5O2. The summed E-state index contributed by atoms with van der Waals surface area (Å²) in [6.07, 6.45) is 4.48. The molecule has 8 heteroatoms. The predicted octanol–water partition coefficient (Wildman–Crippen LogP) is 3.12. The molecule has 31 heavy (non-hydrogen) atoms. The van der Waals surface area contributed by atoms with E-state index in [1.54, 1.807) is 37.8 Å². The molecule has 1 amide bonds. The van der Waals surface area contributed by atoms with E-state index < -0.39 is 11.9 Å². The first kappa shape index (κ1) is 20.9. The zero-order chi connectivity index (χ0) is 21.6. The fourth-order valence-corrected chi connectivity index (χ4v) is 3.50. The Morgan fingerprint density at radius 1 is 1.16 bits per heavy atom. The molecule has 3 heterocycles. The van der Waals surface area contributed by atoms with Gasteiger partial charge in [0.05, 0.1) is 17.9 Å². The summed E-state index contributed by atoms with van der Waals surface area (Å²) in [5.41, 5.74) is 3.61. The van der Waals surface area contributed by atoms with Gasteiger partial charge in [-0.05, 0) is 49.0 Å². The van der Waals surface area contributed by atoms with Crippen molar-refractivity contribution in [3.63, 3.8) is 0 Å². The molecular weight excluding hydrogens is 397 g/mol. The van der Waals surface area contributed by atoms with Gasteiger partial charge in [0.1, 0.15) is 11.9 Å². The van der Waals surface area contributed by atoms with E-state index in [4.69, 9.17) is 4.74 Å². The van der Waals surface area contributed by atoms with Crippen LogP contribution in [0, 0.1) is 5.82 Å². The molecule has 1 fully saturated rings. The lowest BCUT2D eigenvalue weighted by molar-refractivity contribution is 0.141. The lowest BCUT2D eigenvalue weighted by atomic mass is 10.1. The highest BCUT2D eigenvalue weighted by molar-refractivity contribution is 5.90. The SMILES string of the molecule is CNCC1CN(c2ccc(-c3ccc(CNCc4ccncc4)nc3)c(F)c2)C(=O)O1. The number of benzene rings is 1. The number of hydrogen-bond donors (Lipinski definition) is 2. The third-order valence-corrected chi connectivity index (χ3v) is 5.09. The van der Waals surface area contributed by atoms with Gasteiger partial charge in [0.2, 0.25) is 0 Å². The summed E-state index contributed by atoms with van der Waals surface area (Å²) >= 11 is 0. The van der Waals surface area contributed by atoms with Crippen molar-refractivity contribution in [1.29, 1.82) is 0 Å². The highest BCUT2D eigenvalue weighted by Crippen LogP contribution is 2.28. The van der Waals surface area contributed by atoms with Crippen LogP contribution in [-0.2, 0) is 17.8 Å². The summed E-state index contributed by atoms with van der Waals surface area (Å²) in [7, 11) is 1.79. The average molecular weight is 421 g/mol. The number of aromatic nitrogens is 2. The Kier molecular flexibility index (Phi) is 6.49. The molecule has 0 saturated carbocycles. The maximum Gasteiger partial charge on any atom is 0.414 e. The highest BCUT2D eigenvalue weighted by Gasteiger charge is 2.32. The molecule has 3 aromatic rings. The molecule has 0 bridgehead atoms. The average Bonchev–Trinajstić information content (AvgIpc) is 3.15. The van der Waals surface area contributed by atoms with Crippen LogP contribution in [0.25, 0.3) is 11.1 Å². The van der Waals surface area contributed by atoms with E-state index in [1.807, 2.05) is 24.3 Å². The molecule has 2 N–H and O–H groups in total. The summed E-state index contributed by atoms with van der Waals surface area (Å²) in [6.45, 7) is 2.27. The molecule has 1 saturated heterocycles. The quantitative estimate of drug-likeness (QED) is 0.582. The van der Waals surface area contributed by atoms with Gasteiger partial charge in [-0.3, -0.25) is 14.9 Å². The van der Waals surface area contributed by atoms with Gasteiger partial charge in [0, 0.05) is 49.4 Å². The number of nitrogens with zero attached hydrogens (tertiary/aromatic N) is 3. The van der Waals surface area contributed by atoms with E-state index in [0.29, 0.717) is 36.4 Å². The number of pyridine rings is 2. The molecule has 7 nitrogen and oxygen atoms in total. The number of anilines is 1. The minimum Gasteiger partial charge on any atom is -0.443 e. The Morgan fingerprint density at radius 2 is 2.00 bits per heavy atom. The van der Waals surface area contributed by atoms with Crippen molar-refractivity contribution in [3.05, 3.63) is 78.1 Å². The minimum atomic E-state index is -0.460. The molecule has 1 aromatic carbocycles. The summed E-state index contributed by atoms with van der Waals surface area (Å²) < 4.78 is 20.1. The maximum atomic E-state index is 14.8. The van der Waals surface area contributed by atoms with Crippen molar-refractivity contribution in [2.75, 3.05) is 25.0 Å². The molecule has 2 aromatic heterocycles. The Balaban J connectivity index is 1.39. The van der Waals surface area contributed by atoms with Crippen LogP contribution in [-0.4, -0.2) is 42.3 Å². The smallest absolute Gasteiger partial charge is 0.414 e. The summed E-state index contributed by atoms with van der Waals surface area (Å²) in [5, 5.41) is 6.30. The number of nitrogens with one attached hydrogen (secondary N) is 2. The molecule has 1 aliphatic rings. The van der Waals surface area contributed by atoms with Crippen molar-refractivity contribution in [1.82, 2.24) is 20.6 Å². The third-order valence-electron chi connectivity index (χ3n) is 5.09. The standard InChI is InChI=1S/C23H24FN5O2/c1-25-14-20-15-29(23(30)31-20)19-4-5-21(22(24)10-19)17-2-3-18(28-12-17)13-27-11-16-6-8-26-9-7-16/h2-10,12,20,25,27H,11,13-15H2,1H3. The first-order chi connectivity index (χ1) is 15.1. The van der Waals surface area contributed by atoms with E-state index in [0.717, 1.165) is 17.8 Å². The lowest BCUT2D eigenvalue weighted by Crippen LogP contribution is -2.29. The largest absolute Gasteiger partial charge is 0.443 e. The minimum absolute atomic E-state index is 0.246. The number of likely N-dealkylation sites (N-methyl/N-ethyl adjacent to an activating group) is 1. The first-order valence-corrected chi connectivity index (χ1v) is 10.1. The van der Waals surface area contributed by atoms with Gasteiger partial charge in [-0.25, -0.2) is 9.18 Å². The predicted molar refractivity (Wildman–Crippen MR) is 116 cm³/mol. The van der Waals surface area contributed by atoms with Crippen molar-refractivity contribution >= 4 is 11.8 Å². The molecule has 0 radical (unpaired) electrons. The summed E-state index contributed by atoms with van der Waals surface area (Å²) in [4.78, 5) is 22.0. The van der Waals surface area contributed by atoms with E-state index >= 15 is 0 Å². The number of carbonyl (C=O) groups is 1. The van der Waals surface area contributed by atoms with Crippen LogP contribution in [0.1, 0.15) is 11.3 Å². The van der Waals surface area contributed by atoms with Crippen LogP contribution in [0.15, 0.2) is 61.1 Å². The number of carbonyl (C=O) groups excluding carboxylic acids is 1. The second kappa shape index (κ2) is 9.63. The number of halogens is 1. The highest BCUT2D eigenvalue weighted by atomic mass is 19.1. The Morgan fingerprint density at radius 3 is 2.71 bits per heavy atom. The zero-order valence-corrected chi connectivity index (χ0v) is 17.2. The van der Waals surface area contributed by atoms with Crippen LogP contribution >= 0.6 is 0 Å². The van der Waals surface area contributed by atoms with Gasteiger partial charge in [0.25, 0.3) is 0 Å². The van der Waals surface area contributed by atoms with Gasteiger partial charge in [-0.2, -0.15) is 0 Å². The number of cyclic esters (lactones) is 1. The topological polar surface area (TPSA) is 79.4 Å². The van der Waals surface area contributed by atoms with E-state index in [9.17, 15) is 9.18 Å². The van der Waals surface area contributed by atoms with Gasteiger partial charge < -0.3 is 15.4 Å². The van der Waals surface area contributed by atoms with Crippen LogP contribution in [0.2, 0.25) is 0 Å². The van der Waals surface area contributed by atoms with Gasteiger partial charge in [0.15, 0.2) is 0 Å². The van der Waals surface area contributed by atoms with E-state index in [1.165, 1.54) is 11.0 Å². The van der Waals surface area contributed by atoms with Crippen molar-refractivity contribution in [2.24, 2.45) is 0 Å². The van der Waals surface area contributed by atoms with E-state index in [2.05, 4.69) is 20.6 Å². The monoisotopic (exact) mass is 421 g/mol. The first-order valence-electron chi connectivity index (χ1n) is 10.1. The fourth-order valence-electron chi connectivity index (χ4n) is 3.50.